The summed E-state index contributed by atoms with van der Waals surface area (Å²) in [6.45, 7) is 5.18. The molecule has 0 radical (unpaired) electrons. The van der Waals surface area contributed by atoms with Crippen molar-refractivity contribution in [3.8, 4) is 6.07 Å². The van der Waals surface area contributed by atoms with Gasteiger partial charge in [-0.15, -0.1) is 0 Å². The van der Waals surface area contributed by atoms with Crippen molar-refractivity contribution in [2.24, 2.45) is 0 Å². The van der Waals surface area contributed by atoms with Gasteiger partial charge in [0.15, 0.2) is 5.16 Å². The monoisotopic (exact) mass is 393 g/mol. The average molecular weight is 394 g/mol. The first-order valence-electron chi connectivity index (χ1n) is 9.31. The van der Waals surface area contributed by atoms with Crippen molar-refractivity contribution in [3.05, 3.63) is 70.0 Å². The van der Waals surface area contributed by atoms with E-state index in [2.05, 4.69) is 6.07 Å². The Morgan fingerprint density at radius 2 is 1.93 bits per heavy atom. The van der Waals surface area contributed by atoms with Crippen LogP contribution in [0.3, 0.4) is 0 Å². The van der Waals surface area contributed by atoms with E-state index in [1.54, 1.807) is 16.7 Å². The molecule has 0 atom stereocenters. The van der Waals surface area contributed by atoms with E-state index >= 15 is 0 Å². The van der Waals surface area contributed by atoms with Crippen LogP contribution < -0.4 is 5.56 Å². The van der Waals surface area contributed by atoms with Crippen LogP contribution in [0.5, 0.6) is 0 Å². The van der Waals surface area contributed by atoms with Crippen LogP contribution in [-0.2, 0) is 17.0 Å². The normalized spacial score (nSPS) is 11.1. The van der Waals surface area contributed by atoms with E-state index in [1.165, 1.54) is 11.8 Å². The number of fused-ring (bicyclic) bond motifs is 1. The van der Waals surface area contributed by atoms with Gasteiger partial charge in [-0.3, -0.25) is 9.36 Å². The first-order valence-corrected chi connectivity index (χ1v) is 10.3. The fourth-order valence-corrected chi connectivity index (χ4v) is 3.80. The lowest BCUT2D eigenvalue weighted by molar-refractivity contribution is 0.0743. The highest BCUT2D eigenvalue weighted by Crippen LogP contribution is 2.22. The van der Waals surface area contributed by atoms with Gasteiger partial charge in [-0.1, -0.05) is 36.0 Å². The summed E-state index contributed by atoms with van der Waals surface area (Å²) in [4.78, 5) is 17.7. The summed E-state index contributed by atoms with van der Waals surface area (Å²) < 4.78 is 7.36. The molecular weight excluding hydrogens is 370 g/mol. The van der Waals surface area contributed by atoms with Crippen LogP contribution in [0, 0.1) is 11.3 Å². The third-order valence-electron chi connectivity index (χ3n) is 4.25. The van der Waals surface area contributed by atoms with E-state index in [9.17, 15) is 4.79 Å². The largest absolute Gasteiger partial charge is 0.379 e. The highest BCUT2D eigenvalue weighted by molar-refractivity contribution is 7.98. The molecule has 5 nitrogen and oxygen atoms in total. The molecule has 0 fully saturated rings. The van der Waals surface area contributed by atoms with Crippen molar-refractivity contribution in [2.75, 3.05) is 6.61 Å². The van der Waals surface area contributed by atoms with Crippen molar-refractivity contribution < 1.29 is 4.74 Å². The molecule has 0 amide bonds. The quantitative estimate of drug-likeness (QED) is 0.323. The fraction of sp³-hybridized carbons (Fsp3) is 0.318. The maximum Gasteiger partial charge on any atom is 0.262 e. The number of nitrogens with zero attached hydrogens (tertiary/aromatic N) is 3. The van der Waals surface area contributed by atoms with Gasteiger partial charge in [-0.2, -0.15) is 5.26 Å². The summed E-state index contributed by atoms with van der Waals surface area (Å²) in [5.41, 5.74) is 2.42. The van der Waals surface area contributed by atoms with E-state index < -0.39 is 0 Å². The second kappa shape index (κ2) is 9.54. The van der Waals surface area contributed by atoms with Crippen LogP contribution >= 0.6 is 11.8 Å². The summed E-state index contributed by atoms with van der Waals surface area (Å²) in [6, 6.07) is 17.1. The van der Waals surface area contributed by atoms with Gasteiger partial charge < -0.3 is 4.74 Å². The smallest absolute Gasteiger partial charge is 0.262 e. The maximum absolute atomic E-state index is 13.0. The van der Waals surface area contributed by atoms with Crippen LogP contribution in [0.2, 0.25) is 0 Å². The van der Waals surface area contributed by atoms with Crippen LogP contribution in [0.1, 0.15) is 31.4 Å². The molecule has 28 heavy (non-hydrogen) atoms. The molecule has 0 aliphatic heterocycles. The third-order valence-corrected chi connectivity index (χ3v) is 5.30. The van der Waals surface area contributed by atoms with Gasteiger partial charge in [0.25, 0.3) is 5.56 Å². The van der Waals surface area contributed by atoms with Crippen LogP contribution in [0.25, 0.3) is 10.9 Å². The molecule has 2 aromatic carbocycles. The molecule has 3 aromatic rings. The first-order chi connectivity index (χ1) is 13.6. The average Bonchev–Trinajstić information content (AvgIpc) is 2.71. The van der Waals surface area contributed by atoms with Gasteiger partial charge in [-0.25, -0.2) is 4.98 Å². The van der Waals surface area contributed by atoms with Gasteiger partial charge in [0.1, 0.15) is 0 Å². The van der Waals surface area contributed by atoms with E-state index in [0.717, 1.165) is 12.0 Å². The molecule has 0 saturated carbocycles. The Morgan fingerprint density at radius 1 is 1.18 bits per heavy atom. The van der Waals surface area contributed by atoms with E-state index in [1.807, 2.05) is 50.2 Å². The Hall–Kier alpha value is -2.62. The number of para-hydroxylation sites is 1. The van der Waals surface area contributed by atoms with Gasteiger partial charge in [0.2, 0.25) is 0 Å². The number of hydrogen-bond donors (Lipinski definition) is 0. The summed E-state index contributed by atoms with van der Waals surface area (Å²) in [6.07, 6.45) is 0.930. The van der Waals surface area contributed by atoms with Crippen LogP contribution in [0.4, 0.5) is 0 Å². The second-order valence-electron chi connectivity index (χ2n) is 6.74. The third kappa shape index (κ3) is 5.00. The lowest BCUT2D eigenvalue weighted by atomic mass is 10.2. The molecule has 0 saturated heterocycles. The van der Waals surface area contributed by atoms with Crippen molar-refractivity contribution in [2.45, 2.75) is 43.8 Å². The van der Waals surface area contributed by atoms with E-state index in [4.69, 9.17) is 15.0 Å². The zero-order valence-electron chi connectivity index (χ0n) is 16.1. The number of nitriles is 1. The number of thioether (sulfide) groups is 1. The molecule has 0 spiro atoms. The molecular formula is C22H23N3O2S. The molecule has 0 unspecified atom stereocenters. The zero-order chi connectivity index (χ0) is 19.9. The summed E-state index contributed by atoms with van der Waals surface area (Å²) in [5.74, 6) is 0.680. The number of aromatic nitrogens is 2. The SMILES string of the molecule is CC(C)OCCCn1c(SCc2ccc(C#N)cc2)nc2ccccc2c1=O. The predicted molar refractivity (Wildman–Crippen MR) is 112 cm³/mol. The minimum Gasteiger partial charge on any atom is -0.379 e. The molecule has 1 heterocycles. The minimum absolute atomic E-state index is 0.0162. The Balaban J connectivity index is 1.84. The maximum atomic E-state index is 13.0. The zero-order valence-corrected chi connectivity index (χ0v) is 16.9. The molecule has 0 aliphatic rings. The van der Waals surface area contributed by atoms with E-state index in [0.29, 0.717) is 40.5 Å². The topological polar surface area (TPSA) is 67.9 Å². The lowest BCUT2D eigenvalue weighted by Crippen LogP contribution is -2.24. The minimum atomic E-state index is -0.0162. The van der Waals surface area contributed by atoms with Crippen molar-refractivity contribution in [1.82, 2.24) is 9.55 Å². The number of hydrogen-bond acceptors (Lipinski definition) is 5. The molecule has 3 rings (SSSR count). The molecule has 1 aromatic heterocycles. The Morgan fingerprint density at radius 3 is 2.64 bits per heavy atom. The standard InChI is InChI=1S/C22H23N3O2S/c1-16(2)27-13-5-12-25-21(26)19-6-3-4-7-20(19)24-22(25)28-15-18-10-8-17(14-23)9-11-18/h3-4,6-11,16H,5,12-13,15H2,1-2H3. The number of ether oxygens (including phenoxy) is 1. The van der Waals surface area contributed by atoms with Gasteiger partial charge >= 0.3 is 0 Å². The summed E-state index contributed by atoms with van der Waals surface area (Å²) >= 11 is 1.54. The van der Waals surface area contributed by atoms with Crippen LogP contribution in [0.15, 0.2) is 58.5 Å². The van der Waals surface area contributed by atoms with Gasteiger partial charge in [0, 0.05) is 18.9 Å². The fourth-order valence-electron chi connectivity index (χ4n) is 2.82. The Bertz CT molecular complexity index is 1040. The summed E-state index contributed by atoms with van der Waals surface area (Å²) in [5, 5.41) is 10.3. The van der Waals surface area contributed by atoms with Crippen molar-refractivity contribution >= 4 is 22.7 Å². The molecule has 6 heteroatoms. The highest BCUT2D eigenvalue weighted by atomic mass is 32.2. The van der Waals surface area contributed by atoms with E-state index in [-0.39, 0.29) is 11.7 Å². The predicted octanol–water partition coefficient (Wildman–Crippen LogP) is 4.38. The second-order valence-corrected chi connectivity index (χ2v) is 7.68. The van der Waals surface area contributed by atoms with Crippen LogP contribution in [-0.4, -0.2) is 22.3 Å². The molecule has 0 aliphatic carbocycles. The molecule has 0 N–H and O–H groups in total. The number of benzene rings is 2. The Labute approximate surface area is 169 Å². The van der Waals surface area contributed by atoms with Gasteiger partial charge in [-0.05, 0) is 50.1 Å². The molecule has 0 bridgehead atoms. The highest BCUT2D eigenvalue weighted by Gasteiger charge is 2.12. The van der Waals surface area contributed by atoms with Crippen molar-refractivity contribution in [1.29, 1.82) is 5.26 Å². The van der Waals surface area contributed by atoms with Gasteiger partial charge in [0.05, 0.1) is 28.6 Å². The first kappa shape index (κ1) is 20.1. The lowest BCUT2D eigenvalue weighted by Gasteiger charge is -2.14. The Kier molecular flexibility index (Phi) is 6.85. The summed E-state index contributed by atoms with van der Waals surface area (Å²) in [7, 11) is 0. The number of rotatable bonds is 8. The van der Waals surface area contributed by atoms with Crippen molar-refractivity contribution in [3.63, 3.8) is 0 Å². The molecule has 144 valence electrons.